The number of esters is 1. The highest BCUT2D eigenvalue weighted by Gasteiger charge is 2.50. The van der Waals surface area contributed by atoms with E-state index in [1.165, 1.54) is 0 Å². The van der Waals surface area contributed by atoms with E-state index in [0.717, 1.165) is 5.56 Å². The van der Waals surface area contributed by atoms with Gasteiger partial charge < -0.3 is 24.1 Å². The molecule has 0 saturated carbocycles. The molecule has 0 amide bonds. The summed E-state index contributed by atoms with van der Waals surface area (Å²) in [5.74, 6) is -0.320. The van der Waals surface area contributed by atoms with Crippen molar-refractivity contribution in [3.63, 3.8) is 0 Å². The van der Waals surface area contributed by atoms with E-state index in [1.54, 1.807) is 6.92 Å². The number of rotatable bonds is 4. The van der Waals surface area contributed by atoms with Crippen LogP contribution in [0.1, 0.15) is 33.3 Å². The van der Waals surface area contributed by atoms with E-state index in [4.69, 9.17) is 18.9 Å². The Hall–Kier alpha value is -1.89. The van der Waals surface area contributed by atoms with Crippen LogP contribution >= 0.6 is 0 Å². The summed E-state index contributed by atoms with van der Waals surface area (Å²) in [6.45, 7) is 7.71. The third-order valence-electron chi connectivity index (χ3n) is 4.39. The summed E-state index contributed by atoms with van der Waals surface area (Å²) in [7, 11) is 0. The number of aliphatic hydroxyl groups is 1. The summed E-state index contributed by atoms with van der Waals surface area (Å²) in [6.07, 6.45) is -2.37. The topological polar surface area (TPSA) is 74.2 Å². The number of benzene rings is 1. The minimum atomic E-state index is -0.993. The molecule has 0 bridgehead atoms. The fourth-order valence-electron chi connectivity index (χ4n) is 3.24. The van der Waals surface area contributed by atoms with E-state index >= 15 is 0 Å². The Morgan fingerprint density at radius 2 is 1.96 bits per heavy atom. The second kappa shape index (κ2) is 7.39. The van der Waals surface area contributed by atoms with Crippen LogP contribution in [0, 0.1) is 5.92 Å². The second-order valence-electron chi connectivity index (χ2n) is 7.65. The molecule has 1 fully saturated rings. The van der Waals surface area contributed by atoms with E-state index in [-0.39, 0.29) is 12.5 Å². The molecule has 2 aliphatic heterocycles. The molecule has 1 aromatic carbocycles. The van der Waals surface area contributed by atoms with Gasteiger partial charge in [-0.15, -0.1) is 0 Å². The van der Waals surface area contributed by atoms with Gasteiger partial charge >= 0.3 is 5.97 Å². The van der Waals surface area contributed by atoms with Crippen molar-refractivity contribution >= 4 is 5.97 Å². The molecule has 26 heavy (non-hydrogen) atoms. The first-order valence-electron chi connectivity index (χ1n) is 8.82. The Balaban J connectivity index is 1.64. The van der Waals surface area contributed by atoms with E-state index in [0.29, 0.717) is 17.9 Å². The minimum Gasteiger partial charge on any atom is -0.491 e. The van der Waals surface area contributed by atoms with Gasteiger partial charge in [0.25, 0.3) is 0 Å². The molecule has 1 aromatic rings. The van der Waals surface area contributed by atoms with E-state index in [2.05, 4.69) is 0 Å². The number of hydrogen-bond donors (Lipinski definition) is 1. The zero-order chi connectivity index (χ0) is 18.9. The van der Waals surface area contributed by atoms with Gasteiger partial charge in [0, 0.05) is 0 Å². The zero-order valence-corrected chi connectivity index (χ0v) is 15.6. The van der Waals surface area contributed by atoms with Crippen molar-refractivity contribution in [1.29, 1.82) is 0 Å². The molecule has 1 saturated heterocycles. The smallest absolute Gasteiger partial charge is 0.338 e. The maximum absolute atomic E-state index is 12.5. The van der Waals surface area contributed by atoms with Crippen molar-refractivity contribution in [2.75, 3.05) is 6.61 Å². The molecule has 0 radical (unpaired) electrons. The maximum atomic E-state index is 12.5. The second-order valence-corrected chi connectivity index (χ2v) is 7.65. The lowest BCUT2D eigenvalue weighted by Gasteiger charge is -2.36. The van der Waals surface area contributed by atoms with Crippen LogP contribution in [-0.4, -0.2) is 41.8 Å². The number of carbonyl (C=O) groups is 1. The molecule has 2 heterocycles. The Morgan fingerprint density at radius 3 is 2.62 bits per heavy atom. The van der Waals surface area contributed by atoms with E-state index < -0.39 is 30.1 Å². The normalized spacial score (nSPS) is 28.5. The molecule has 1 N–H and O–H groups in total. The summed E-state index contributed by atoms with van der Waals surface area (Å²) in [5.41, 5.74) is 0.824. The predicted molar refractivity (Wildman–Crippen MR) is 93.9 cm³/mol. The average molecular weight is 362 g/mol. The fourth-order valence-corrected chi connectivity index (χ4v) is 3.24. The molecule has 2 aliphatic rings. The Bertz CT molecular complexity index is 675. The summed E-state index contributed by atoms with van der Waals surface area (Å²) in [6, 6.07) is 9.66. The number of carbonyl (C=O) groups excluding carboxylic acids is 1. The van der Waals surface area contributed by atoms with Crippen molar-refractivity contribution < 1.29 is 28.8 Å². The molecule has 3 rings (SSSR count). The quantitative estimate of drug-likeness (QED) is 0.830. The average Bonchev–Trinajstić information content (AvgIpc) is 2.91. The van der Waals surface area contributed by atoms with Crippen LogP contribution in [-0.2, 0) is 30.3 Å². The van der Waals surface area contributed by atoms with Crippen molar-refractivity contribution in [2.45, 2.75) is 58.4 Å². The highest BCUT2D eigenvalue weighted by Crippen LogP contribution is 2.39. The van der Waals surface area contributed by atoms with Crippen molar-refractivity contribution in [1.82, 2.24) is 0 Å². The standard InChI is InChI=1S/C20H26O6/c1-12-15(18(22)26-20(2,3)4)14-11-24-19(16(21)17(14)25-12)23-10-13-8-6-5-7-9-13/h5-9,14,16-17,19,21H,10-11H2,1-4H3/t14-,16-,17+,19+/m1/s1. The van der Waals surface area contributed by atoms with Crippen molar-refractivity contribution in [3.8, 4) is 0 Å². The van der Waals surface area contributed by atoms with Crippen molar-refractivity contribution in [2.24, 2.45) is 5.92 Å². The highest BCUT2D eigenvalue weighted by molar-refractivity contribution is 5.90. The monoisotopic (exact) mass is 362 g/mol. The number of hydrogen-bond acceptors (Lipinski definition) is 6. The van der Waals surface area contributed by atoms with Crippen LogP contribution in [0.25, 0.3) is 0 Å². The summed E-state index contributed by atoms with van der Waals surface area (Å²) < 4.78 is 22.6. The van der Waals surface area contributed by atoms with Crippen LogP contribution in [0.15, 0.2) is 41.7 Å². The lowest BCUT2D eigenvalue weighted by atomic mass is 9.90. The van der Waals surface area contributed by atoms with Crippen LogP contribution in [0.5, 0.6) is 0 Å². The Labute approximate surface area is 153 Å². The number of ether oxygens (including phenoxy) is 4. The molecule has 0 spiro atoms. The molecule has 0 unspecified atom stereocenters. The van der Waals surface area contributed by atoms with Gasteiger partial charge in [0.05, 0.1) is 24.7 Å². The van der Waals surface area contributed by atoms with Gasteiger partial charge in [0.15, 0.2) is 6.29 Å². The lowest BCUT2D eigenvalue weighted by molar-refractivity contribution is -0.256. The minimum absolute atomic E-state index is 0.229. The van der Waals surface area contributed by atoms with Gasteiger partial charge in [-0.25, -0.2) is 4.79 Å². The van der Waals surface area contributed by atoms with Gasteiger partial charge in [0.1, 0.15) is 23.6 Å². The Kier molecular flexibility index (Phi) is 5.37. The summed E-state index contributed by atoms with van der Waals surface area (Å²) >= 11 is 0. The number of aliphatic hydroxyl groups excluding tert-OH is 1. The first-order valence-corrected chi connectivity index (χ1v) is 8.82. The molecule has 4 atom stereocenters. The molecule has 0 aliphatic carbocycles. The van der Waals surface area contributed by atoms with Gasteiger partial charge in [-0.05, 0) is 33.3 Å². The highest BCUT2D eigenvalue weighted by atomic mass is 16.7. The first kappa shape index (κ1) is 18.9. The molecular weight excluding hydrogens is 336 g/mol. The van der Waals surface area contributed by atoms with E-state index in [1.807, 2.05) is 51.1 Å². The Morgan fingerprint density at radius 1 is 1.27 bits per heavy atom. The lowest BCUT2D eigenvalue weighted by Crippen LogP contribution is -2.51. The molecule has 0 aromatic heterocycles. The van der Waals surface area contributed by atoms with E-state index in [9.17, 15) is 9.90 Å². The predicted octanol–water partition coefficient (Wildman–Crippen LogP) is 2.55. The third kappa shape index (κ3) is 4.09. The zero-order valence-electron chi connectivity index (χ0n) is 15.6. The van der Waals surface area contributed by atoms with Gasteiger partial charge in [-0.3, -0.25) is 0 Å². The summed E-state index contributed by atoms with van der Waals surface area (Å²) in [5, 5.41) is 10.6. The molecular formula is C20H26O6. The van der Waals surface area contributed by atoms with Crippen LogP contribution < -0.4 is 0 Å². The van der Waals surface area contributed by atoms with Gasteiger partial charge in [0.2, 0.25) is 0 Å². The van der Waals surface area contributed by atoms with Crippen molar-refractivity contribution in [3.05, 3.63) is 47.2 Å². The molecule has 142 valence electrons. The molecule has 6 heteroatoms. The van der Waals surface area contributed by atoms with Crippen LogP contribution in [0.4, 0.5) is 0 Å². The van der Waals surface area contributed by atoms with Gasteiger partial charge in [-0.2, -0.15) is 0 Å². The largest absolute Gasteiger partial charge is 0.491 e. The van der Waals surface area contributed by atoms with Crippen LogP contribution in [0.2, 0.25) is 0 Å². The maximum Gasteiger partial charge on any atom is 0.338 e. The summed E-state index contributed by atoms with van der Waals surface area (Å²) in [4.78, 5) is 12.5. The third-order valence-corrected chi connectivity index (χ3v) is 4.39. The van der Waals surface area contributed by atoms with Gasteiger partial charge in [-0.1, -0.05) is 30.3 Å². The number of allylic oxidation sites excluding steroid dienone is 1. The number of fused-ring (bicyclic) bond motifs is 1. The molecule has 6 nitrogen and oxygen atoms in total. The van der Waals surface area contributed by atoms with Crippen LogP contribution in [0.3, 0.4) is 0 Å². The fraction of sp³-hybridized carbons (Fsp3) is 0.550. The first-order chi connectivity index (χ1) is 12.3. The SMILES string of the molecule is CC1=C(C(=O)OC(C)(C)C)[C@H]2CO[C@H](OCc3ccccc3)[C@H](O)[C@H]2O1.